The van der Waals surface area contributed by atoms with Gasteiger partial charge in [0.2, 0.25) is 5.43 Å². The Balaban J connectivity index is 2.13. The Labute approximate surface area is 122 Å². The zero-order chi connectivity index (χ0) is 14.7. The maximum Gasteiger partial charge on any atom is 0.223 e. The molecule has 0 radical (unpaired) electrons. The number of hydrogen-bond acceptors (Lipinski definition) is 2. The van der Waals surface area contributed by atoms with Crippen LogP contribution < -0.4 is 5.43 Å². The highest BCUT2D eigenvalue weighted by Crippen LogP contribution is 2.26. The van der Waals surface area contributed by atoms with Gasteiger partial charge in [0, 0.05) is 24.4 Å². The lowest BCUT2D eigenvalue weighted by Gasteiger charge is -2.15. The van der Waals surface area contributed by atoms with E-state index in [-0.39, 0.29) is 11.2 Å². The van der Waals surface area contributed by atoms with Crippen LogP contribution in [0.2, 0.25) is 0 Å². The molecule has 0 fully saturated rings. The molecule has 2 aromatic carbocycles. The first-order chi connectivity index (χ1) is 10.3. The van der Waals surface area contributed by atoms with E-state index in [9.17, 15) is 9.90 Å². The van der Waals surface area contributed by atoms with Crippen LogP contribution in [0, 0.1) is 0 Å². The van der Waals surface area contributed by atoms with Crippen molar-refractivity contribution in [2.45, 2.75) is 6.54 Å². The van der Waals surface area contributed by atoms with Gasteiger partial charge in [0.05, 0.1) is 5.69 Å². The van der Waals surface area contributed by atoms with Gasteiger partial charge in [0.1, 0.15) is 0 Å². The molecule has 1 heterocycles. The molecule has 3 rings (SSSR count). The minimum absolute atomic E-state index is 0.209. The first-order valence-corrected chi connectivity index (χ1v) is 6.77. The maximum atomic E-state index is 11.8. The average molecular weight is 277 g/mol. The van der Waals surface area contributed by atoms with E-state index in [0.29, 0.717) is 12.2 Å². The Morgan fingerprint density at radius 2 is 1.48 bits per heavy atom. The van der Waals surface area contributed by atoms with Gasteiger partial charge in [0.25, 0.3) is 0 Å². The fraction of sp³-hybridized carbons (Fsp3) is 0.0556. The molecule has 3 aromatic rings. The number of rotatable bonds is 3. The lowest BCUT2D eigenvalue weighted by molar-refractivity contribution is 0.465. The number of benzene rings is 2. The van der Waals surface area contributed by atoms with Crippen molar-refractivity contribution in [2.24, 2.45) is 0 Å². The van der Waals surface area contributed by atoms with Crippen molar-refractivity contribution in [3.63, 3.8) is 0 Å². The molecule has 0 spiro atoms. The Hall–Kier alpha value is -2.81. The summed E-state index contributed by atoms with van der Waals surface area (Å²) in [6.45, 7) is 0.596. The summed E-state index contributed by atoms with van der Waals surface area (Å²) in [6.07, 6.45) is 1.72. The monoisotopic (exact) mass is 277 g/mol. The van der Waals surface area contributed by atoms with Crippen LogP contribution in [0.1, 0.15) is 5.56 Å². The largest absolute Gasteiger partial charge is 0.503 e. The van der Waals surface area contributed by atoms with E-state index < -0.39 is 0 Å². The van der Waals surface area contributed by atoms with Gasteiger partial charge in [-0.3, -0.25) is 4.79 Å². The second-order valence-corrected chi connectivity index (χ2v) is 4.86. The molecule has 0 saturated heterocycles. The summed E-state index contributed by atoms with van der Waals surface area (Å²) in [7, 11) is 0. The summed E-state index contributed by atoms with van der Waals surface area (Å²) in [5.41, 5.74) is 2.12. The molecule has 3 nitrogen and oxygen atoms in total. The van der Waals surface area contributed by atoms with E-state index in [1.54, 1.807) is 6.20 Å². The highest BCUT2D eigenvalue weighted by Gasteiger charge is 2.12. The summed E-state index contributed by atoms with van der Waals surface area (Å²) in [4.78, 5) is 11.8. The Kier molecular flexibility index (Phi) is 3.56. The van der Waals surface area contributed by atoms with Crippen LogP contribution in [0.4, 0.5) is 0 Å². The van der Waals surface area contributed by atoms with Crippen LogP contribution >= 0.6 is 0 Å². The molecule has 1 N–H and O–H groups in total. The Morgan fingerprint density at radius 3 is 2.14 bits per heavy atom. The number of aromatic hydroxyl groups is 1. The molecular formula is C18H15NO2. The summed E-state index contributed by atoms with van der Waals surface area (Å²) < 4.78 is 1.89. The van der Waals surface area contributed by atoms with Crippen molar-refractivity contribution >= 4 is 0 Å². The van der Waals surface area contributed by atoms with Crippen LogP contribution in [-0.4, -0.2) is 9.67 Å². The highest BCUT2D eigenvalue weighted by molar-refractivity contribution is 5.66. The lowest BCUT2D eigenvalue weighted by Crippen LogP contribution is -2.10. The molecule has 0 atom stereocenters. The lowest BCUT2D eigenvalue weighted by atomic mass is 10.1. The van der Waals surface area contributed by atoms with Crippen molar-refractivity contribution < 1.29 is 5.11 Å². The van der Waals surface area contributed by atoms with Crippen LogP contribution in [0.5, 0.6) is 5.75 Å². The van der Waals surface area contributed by atoms with Gasteiger partial charge in [-0.2, -0.15) is 0 Å². The van der Waals surface area contributed by atoms with Crippen molar-refractivity contribution in [3.8, 4) is 17.0 Å². The first kappa shape index (κ1) is 13.2. The fourth-order valence-electron chi connectivity index (χ4n) is 2.37. The molecule has 0 aliphatic rings. The Morgan fingerprint density at radius 1 is 0.857 bits per heavy atom. The molecule has 21 heavy (non-hydrogen) atoms. The van der Waals surface area contributed by atoms with Gasteiger partial charge in [-0.05, 0) is 5.56 Å². The maximum absolute atomic E-state index is 11.8. The SMILES string of the molecule is O=c1ccn(Cc2ccccc2)c(-c2ccccc2)c1O. The predicted octanol–water partition coefficient (Wildman–Crippen LogP) is 3.27. The smallest absolute Gasteiger partial charge is 0.223 e. The van der Waals surface area contributed by atoms with Gasteiger partial charge in [0.15, 0.2) is 5.75 Å². The van der Waals surface area contributed by atoms with E-state index in [2.05, 4.69) is 0 Å². The third-order valence-corrected chi connectivity index (χ3v) is 3.39. The van der Waals surface area contributed by atoms with Crippen LogP contribution in [0.15, 0.2) is 77.7 Å². The zero-order valence-corrected chi connectivity index (χ0v) is 11.4. The zero-order valence-electron chi connectivity index (χ0n) is 11.4. The molecule has 104 valence electrons. The van der Waals surface area contributed by atoms with Crippen molar-refractivity contribution in [3.05, 3.63) is 88.7 Å². The van der Waals surface area contributed by atoms with Crippen molar-refractivity contribution in [1.29, 1.82) is 0 Å². The quantitative estimate of drug-likeness (QED) is 0.798. The second kappa shape index (κ2) is 5.67. The molecule has 3 heteroatoms. The van der Waals surface area contributed by atoms with Crippen molar-refractivity contribution in [1.82, 2.24) is 4.57 Å². The standard InChI is InChI=1S/C18H15NO2/c20-16-11-12-19(13-14-7-3-1-4-8-14)17(18(16)21)15-9-5-2-6-10-15/h1-12,21H,13H2. The number of hydrogen-bond donors (Lipinski definition) is 1. The molecule has 0 saturated carbocycles. The number of nitrogens with zero attached hydrogens (tertiary/aromatic N) is 1. The summed E-state index contributed by atoms with van der Waals surface area (Å²) in [5.74, 6) is -0.209. The highest BCUT2D eigenvalue weighted by atomic mass is 16.3. The minimum atomic E-state index is -0.363. The molecule has 0 aliphatic heterocycles. The van der Waals surface area contributed by atoms with Gasteiger partial charge < -0.3 is 9.67 Å². The summed E-state index contributed by atoms with van der Waals surface area (Å²) >= 11 is 0. The molecular weight excluding hydrogens is 262 g/mol. The van der Waals surface area contributed by atoms with E-state index in [4.69, 9.17) is 0 Å². The third-order valence-electron chi connectivity index (χ3n) is 3.39. The van der Waals surface area contributed by atoms with Crippen LogP contribution in [0.3, 0.4) is 0 Å². The van der Waals surface area contributed by atoms with Crippen LogP contribution in [0.25, 0.3) is 11.3 Å². The molecule has 1 aromatic heterocycles. The topological polar surface area (TPSA) is 42.2 Å². The predicted molar refractivity (Wildman–Crippen MR) is 83.3 cm³/mol. The molecule has 0 amide bonds. The number of aromatic nitrogens is 1. The van der Waals surface area contributed by atoms with Gasteiger partial charge in [-0.15, -0.1) is 0 Å². The molecule has 0 aliphatic carbocycles. The minimum Gasteiger partial charge on any atom is -0.503 e. The summed E-state index contributed by atoms with van der Waals surface area (Å²) in [6, 6.07) is 20.8. The van der Waals surface area contributed by atoms with Crippen LogP contribution in [-0.2, 0) is 6.54 Å². The van der Waals surface area contributed by atoms with E-state index in [1.807, 2.05) is 65.2 Å². The second-order valence-electron chi connectivity index (χ2n) is 4.86. The fourth-order valence-corrected chi connectivity index (χ4v) is 2.37. The summed E-state index contributed by atoms with van der Waals surface area (Å²) in [5, 5.41) is 10.2. The van der Waals surface area contributed by atoms with Gasteiger partial charge in [-0.25, -0.2) is 0 Å². The third kappa shape index (κ3) is 2.72. The van der Waals surface area contributed by atoms with E-state index in [1.165, 1.54) is 6.07 Å². The van der Waals surface area contributed by atoms with E-state index in [0.717, 1.165) is 11.1 Å². The molecule has 0 unspecified atom stereocenters. The Bertz CT molecular complexity index is 792. The van der Waals surface area contributed by atoms with Gasteiger partial charge >= 0.3 is 0 Å². The normalized spacial score (nSPS) is 10.5. The number of pyridine rings is 1. The first-order valence-electron chi connectivity index (χ1n) is 6.77. The average Bonchev–Trinajstić information content (AvgIpc) is 2.53. The molecule has 0 bridgehead atoms. The van der Waals surface area contributed by atoms with E-state index >= 15 is 0 Å². The van der Waals surface area contributed by atoms with Gasteiger partial charge in [-0.1, -0.05) is 60.7 Å². The van der Waals surface area contributed by atoms with Crippen molar-refractivity contribution in [2.75, 3.05) is 0 Å².